The predicted octanol–water partition coefficient (Wildman–Crippen LogP) is 11.4. The molecular formula is C42H29NOSSi. The molecule has 7 aromatic carbocycles. The summed E-state index contributed by atoms with van der Waals surface area (Å²) in [6.45, 7) is 5.00. The van der Waals surface area contributed by atoms with Gasteiger partial charge >= 0.3 is 0 Å². The van der Waals surface area contributed by atoms with Crippen LogP contribution in [-0.2, 0) is 0 Å². The second-order valence-electron chi connectivity index (χ2n) is 12.9. The molecule has 0 atom stereocenters. The maximum atomic E-state index is 6.34. The first-order chi connectivity index (χ1) is 22.6. The van der Waals surface area contributed by atoms with Crippen LogP contribution in [0.5, 0.6) is 0 Å². The van der Waals surface area contributed by atoms with Crippen molar-refractivity contribution in [3.05, 3.63) is 140 Å². The van der Waals surface area contributed by atoms with E-state index in [0.29, 0.717) is 0 Å². The highest BCUT2D eigenvalue weighted by Gasteiger charge is 2.39. The zero-order valence-corrected chi connectivity index (χ0v) is 27.4. The lowest BCUT2D eigenvalue weighted by molar-refractivity contribution is 0.669. The predicted molar refractivity (Wildman–Crippen MR) is 201 cm³/mol. The molecule has 10 rings (SSSR count). The van der Waals surface area contributed by atoms with E-state index in [9.17, 15) is 0 Å². The lowest BCUT2D eigenvalue weighted by atomic mass is 9.98. The van der Waals surface area contributed by atoms with E-state index >= 15 is 0 Å². The summed E-state index contributed by atoms with van der Waals surface area (Å²) >= 11 is 1.90. The molecule has 0 saturated heterocycles. The fraction of sp³-hybridized carbons (Fsp3) is 0.0476. The van der Waals surface area contributed by atoms with Crippen LogP contribution in [0.2, 0.25) is 13.1 Å². The van der Waals surface area contributed by atoms with Gasteiger partial charge in [-0.15, -0.1) is 11.3 Å². The van der Waals surface area contributed by atoms with Gasteiger partial charge in [0, 0.05) is 47.7 Å². The van der Waals surface area contributed by atoms with E-state index in [-0.39, 0.29) is 0 Å². The quantitative estimate of drug-likeness (QED) is 0.182. The van der Waals surface area contributed by atoms with E-state index in [1.165, 1.54) is 74.6 Å². The Hall–Kier alpha value is -5.16. The summed E-state index contributed by atoms with van der Waals surface area (Å²) in [6.07, 6.45) is 0. The topological polar surface area (TPSA) is 16.4 Å². The van der Waals surface area contributed by atoms with Crippen molar-refractivity contribution in [1.82, 2.24) is 0 Å². The molecule has 0 amide bonds. The van der Waals surface area contributed by atoms with Crippen LogP contribution in [-0.4, -0.2) is 8.07 Å². The molecule has 0 N–H and O–H groups in total. The second kappa shape index (κ2) is 9.43. The van der Waals surface area contributed by atoms with Gasteiger partial charge in [0.2, 0.25) is 0 Å². The molecule has 2 nitrogen and oxygen atoms in total. The Balaban J connectivity index is 1.25. The van der Waals surface area contributed by atoms with Gasteiger partial charge in [-0.1, -0.05) is 104 Å². The van der Waals surface area contributed by atoms with Crippen molar-refractivity contribution in [2.75, 3.05) is 4.90 Å². The van der Waals surface area contributed by atoms with E-state index in [2.05, 4.69) is 158 Å². The number of benzene rings is 7. The normalized spacial score (nSPS) is 13.6. The number of rotatable bonds is 3. The molecule has 4 heteroatoms. The van der Waals surface area contributed by atoms with Crippen molar-refractivity contribution in [3.63, 3.8) is 0 Å². The summed E-state index contributed by atoms with van der Waals surface area (Å²) in [5.41, 5.74) is 8.20. The lowest BCUT2D eigenvalue weighted by Gasteiger charge is -2.28. The van der Waals surface area contributed by atoms with Gasteiger partial charge in [0.1, 0.15) is 19.2 Å². The third kappa shape index (κ3) is 3.51. The third-order valence-corrected chi connectivity index (χ3v) is 14.8. The van der Waals surface area contributed by atoms with Gasteiger partial charge in [-0.2, -0.15) is 0 Å². The van der Waals surface area contributed by atoms with Crippen molar-refractivity contribution < 1.29 is 4.42 Å². The van der Waals surface area contributed by atoms with Gasteiger partial charge in [0.25, 0.3) is 0 Å². The van der Waals surface area contributed by atoms with Gasteiger partial charge in [0.05, 0.1) is 5.69 Å². The van der Waals surface area contributed by atoms with E-state index in [0.717, 1.165) is 16.9 Å². The number of fused-ring (bicyclic) bond motifs is 12. The number of para-hydroxylation sites is 2. The van der Waals surface area contributed by atoms with Gasteiger partial charge in [-0.3, -0.25) is 0 Å². The number of hydrogen-bond donors (Lipinski definition) is 0. The van der Waals surface area contributed by atoms with Gasteiger partial charge in [-0.05, 0) is 75.4 Å². The van der Waals surface area contributed by atoms with Gasteiger partial charge in [0.15, 0.2) is 0 Å². The number of hydrogen-bond acceptors (Lipinski definition) is 3. The maximum Gasteiger partial charge on any atom is 0.136 e. The molecule has 1 aliphatic rings. The van der Waals surface area contributed by atoms with Gasteiger partial charge in [-0.25, -0.2) is 0 Å². The largest absolute Gasteiger partial charge is 0.456 e. The first kappa shape index (κ1) is 26.1. The van der Waals surface area contributed by atoms with Gasteiger partial charge < -0.3 is 9.32 Å². The molecular weight excluding hydrogens is 595 g/mol. The van der Waals surface area contributed by atoms with Crippen LogP contribution < -0.4 is 15.3 Å². The first-order valence-electron chi connectivity index (χ1n) is 15.9. The Morgan fingerprint density at radius 3 is 2.26 bits per heavy atom. The molecule has 0 radical (unpaired) electrons. The molecule has 46 heavy (non-hydrogen) atoms. The monoisotopic (exact) mass is 623 g/mol. The fourth-order valence-corrected chi connectivity index (χ4v) is 12.2. The Morgan fingerprint density at radius 2 is 1.37 bits per heavy atom. The molecule has 218 valence electrons. The summed E-state index contributed by atoms with van der Waals surface area (Å²) in [6, 6.07) is 51.2. The Morgan fingerprint density at radius 1 is 0.565 bits per heavy atom. The second-order valence-corrected chi connectivity index (χ2v) is 18.3. The highest BCUT2D eigenvalue weighted by atomic mass is 32.1. The zero-order valence-electron chi connectivity index (χ0n) is 25.5. The van der Waals surface area contributed by atoms with Crippen LogP contribution in [0.1, 0.15) is 0 Å². The molecule has 2 aromatic heterocycles. The highest BCUT2D eigenvalue weighted by Crippen LogP contribution is 2.47. The lowest BCUT2D eigenvalue weighted by Crippen LogP contribution is -2.49. The summed E-state index contributed by atoms with van der Waals surface area (Å²) in [7, 11) is -2.02. The standard InChI is InChI=1S/C42H29NOSSi/c1-46(2)37-24-23-35-40(31-15-6-8-17-34(31)44-35)41(37)32-22-20-28(25-38(32)46)43(27-12-4-3-5-13-27)33-16-10-11-26-19-21-30-29-14-7-9-18-36(29)45-42(30)39(26)33/h3-25H,1-2H3. The van der Waals surface area contributed by atoms with Crippen LogP contribution in [0.25, 0.3) is 64.0 Å². The van der Waals surface area contributed by atoms with E-state index < -0.39 is 8.07 Å². The highest BCUT2D eigenvalue weighted by molar-refractivity contribution is 7.26. The molecule has 0 unspecified atom stereocenters. The van der Waals surface area contributed by atoms with Crippen molar-refractivity contribution in [3.8, 4) is 11.1 Å². The minimum absolute atomic E-state index is 0.953. The summed E-state index contributed by atoms with van der Waals surface area (Å²) in [5, 5.41) is 10.6. The molecule has 0 aliphatic carbocycles. The Labute approximate surface area is 271 Å². The molecule has 0 spiro atoms. The summed E-state index contributed by atoms with van der Waals surface area (Å²) in [5.74, 6) is 0. The van der Waals surface area contributed by atoms with Crippen LogP contribution >= 0.6 is 11.3 Å². The molecule has 1 aliphatic heterocycles. The van der Waals surface area contributed by atoms with E-state index in [4.69, 9.17) is 4.42 Å². The third-order valence-electron chi connectivity index (χ3n) is 10.0. The number of anilines is 3. The molecule has 0 fully saturated rings. The van der Waals surface area contributed by atoms with Crippen LogP contribution in [0, 0.1) is 0 Å². The molecule has 0 saturated carbocycles. The van der Waals surface area contributed by atoms with Crippen LogP contribution in [0.4, 0.5) is 17.1 Å². The first-order valence-corrected chi connectivity index (χ1v) is 19.7. The molecule has 3 heterocycles. The van der Waals surface area contributed by atoms with Crippen molar-refractivity contribution >= 4 is 99.7 Å². The number of furan rings is 1. The molecule has 0 bridgehead atoms. The smallest absolute Gasteiger partial charge is 0.136 e. The minimum Gasteiger partial charge on any atom is -0.456 e. The van der Waals surface area contributed by atoms with Crippen molar-refractivity contribution in [2.24, 2.45) is 0 Å². The number of thiophene rings is 1. The maximum absolute atomic E-state index is 6.34. The summed E-state index contributed by atoms with van der Waals surface area (Å²) < 4.78 is 9.01. The Kier molecular flexibility index (Phi) is 5.35. The van der Waals surface area contributed by atoms with Crippen LogP contribution in [0.15, 0.2) is 144 Å². The fourth-order valence-electron chi connectivity index (χ4n) is 7.89. The number of nitrogens with zero attached hydrogens (tertiary/aromatic N) is 1. The SMILES string of the molecule is C[Si]1(C)c2cc(N(c3ccccc3)c3cccc4ccc5c6ccccc6sc5c34)ccc2-c2c1ccc1oc3ccccc3c21. The summed E-state index contributed by atoms with van der Waals surface area (Å²) in [4.78, 5) is 2.47. The minimum atomic E-state index is -2.02. The average molecular weight is 624 g/mol. The zero-order chi connectivity index (χ0) is 30.6. The molecule has 9 aromatic rings. The van der Waals surface area contributed by atoms with E-state index in [1.54, 1.807) is 0 Å². The van der Waals surface area contributed by atoms with Crippen molar-refractivity contribution in [1.29, 1.82) is 0 Å². The Bertz CT molecular complexity index is 2680. The van der Waals surface area contributed by atoms with Crippen LogP contribution in [0.3, 0.4) is 0 Å². The van der Waals surface area contributed by atoms with Crippen molar-refractivity contribution in [2.45, 2.75) is 13.1 Å². The van der Waals surface area contributed by atoms with E-state index in [1.807, 2.05) is 11.3 Å². The average Bonchev–Trinajstić information content (AvgIpc) is 3.73.